The van der Waals surface area contributed by atoms with E-state index in [2.05, 4.69) is 25.1 Å². The van der Waals surface area contributed by atoms with E-state index in [4.69, 9.17) is 6.42 Å². The van der Waals surface area contributed by atoms with Gasteiger partial charge in [0.05, 0.1) is 37.6 Å². The van der Waals surface area contributed by atoms with E-state index >= 15 is 0 Å². The first-order chi connectivity index (χ1) is 11.8. The molecule has 0 aliphatic carbocycles. The fourth-order valence-corrected chi connectivity index (χ4v) is 4.27. The summed E-state index contributed by atoms with van der Waals surface area (Å²) in [5.74, 6) is 2.63. The second-order valence-corrected chi connectivity index (χ2v) is 8.47. The third-order valence-corrected chi connectivity index (χ3v) is 6.33. The van der Waals surface area contributed by atoms with Crippen LogP contribution in [0.15, 0.2) is 29.2 Å². The number of nitrogens with one attached hydrogen (secondary N) is 2. The molecular weight excluding hydrogens is 338 g/mol. The zero-order valence-corrected chi connectivity index (χ0v) is 15.6. The maximum Gasteiger partial charge on any atom is 0.275 e. The first kappa shape index (κ1) is 19.4. The molecule has 1 saturated heterocycles. The predicted molar refractivity (Wildman–Crippen MR) is 96.7 cm³/mol. The molecule has 1 amide bonds. The van der Waals surface area contributed by atoms with Gasteiger partial charge < -0.3 is 10.2 Å². The van der Waals surface area contributed by atoms with Gasteiger partial charge in [-0.3, -0.25) is 4.79 Å². The smallest absolute Gasteiger partial charge is 0.275 e. The van der Waals surface area contributed by atoms with Gasteiger partial charge in [-0.05, 0) is 23.6 Å². The molecule has 1 heterocycles. The molecule has 1 fully saturated rings. The van der Waals surface area contributed by atoms with Crippen molar-refractivity contribution >= 4 is 15.9 Å². The van der Waals surface area contributed by atoms with Gasteiger partial charge in [-0.1, -0.05) is 31.9 Å². The summed E-state index contributed by atoms with van der Waals surface area (Å²) in [6.45, 7) is 6.71. The lowest BCUT2D eigenvalue weighted by atomic mass is 10.0. The molecule has 0 radical (unpaired) electrons. The van der Waals surface area contributed by atoms with E-state index in [1.54, 1.807) is 12.1 Å². The monoisotopic (exact) mass is 364 g/mol. The van der Waals surface area contributed by atoms with Crippen LogP contribution in [-0.4, -0.2) is 57.9 Å². The van der Waals surface area contributed by atoms with E-state index in [0.29, 0.717) is 43.5 Å². The molecule has 6 nitrogen and oxygen atoms in total. The summed E-state index contributed by atoms with van der Waals surface area (Å²) in [4.78, 5) is 13.1. The van der Waals surface area contributed by atoms with Crippen LogP contribution < -0.4 is 10.2 Å². The van der Waals surface area contributed by atoms with E-state index in [0.717, 1.165) is 10.5 Å². The summed E-state index contributed by atoms with van der Waals surface area (Å²) in [6, 6.07) is 7.10. The molecule has 7 heteroatoms. The molecule has 0 spiro atoms. The summed E-state index contributed by atoms with van der Waals surface area (Å²) in [7, 11) is -3.48. The lowest BCUT2D eigenvalue weighted by Crippen LogP contribution is -3.15. The second kappa shape index (κ2) is 8.48. The summed E-state index contributed by atoms with van der Waals surface area (Å²) in [5.41, 5.74) is 1.12. The van der Waals surface area contributed by atoms with E-state index in [9.17, 15) is 13.2 Å². The minimum absolute atomic E-state index is 0.103. The van der Waals surface area contributed by atoms with Crippen LogP contribution in [0, 0.1) is 12.3 Å². The van der Waals surface area contributed by atoms with Gasteiger partial charge in [0, 0.05) is 0 Å². The number of carbonyl (C=O) groups excluding carboxylic acids is 1. The molecule has 0 unspecified atom stereocenters. The summed E-state index contributed by atoms with van der Waals surface area (Å²) < 4.78 is 27.0. The van der Waals surface area contributed by atoms with Gasteiger partial charge in [-0.25, -0.2) is 8.42 Å². The molecule has 1 aromatic rings. The molecule has 136 valence electrons. The molecule has 1 aliphatic rings. The van der Waals surface area contributed by atoms with Crippen molar-refractivity contribution in [2.24, 2.45) is 0 Å². The molecular formula is C18H26N3O3S+. The van der Waals surface area contributed by atoms with E-state index in [-0.39, 0.29) is 12.5 Å². The molecule has 0 atom stereocenters. The zero-order valence-electron chi connectivity index (χ0n) is 14.8. The van der Waals surface area contributed by atoms with Gasteiger partial charge in [0.25, 0.3) is 5.91 Å². The zero-order chi connectivity index (χ0) is 18.4. The van der Waals surface area contributed by atoms with Crippen molar-refractivity contribution in [1.29, 1.82) is 0 Å². The standard InChI is InChI=1S/C18H25N3O3S/c1-4-9-19-18(22)14-20-10-12-21(13-11-20)25(23,24)17-7-5-16(6-8-17)15(2)3/h1,5-8,15H,9-14H2,2-3H3,(H,19,22)/p+1. The summed E-state index contributed by atoms with van der Waals surface area (Å²) in [6.07, 6.45) is 5.11. The second-order valence-electron chi connectivity index (χ2n) is 6.54. The van der Waals surface area contributed by atoms with Crippen LogP contribution in [0.4, 0.5) is 0 Å². The molecule has 0 bridgehead atoms. The average Bonchev–Trinajstić information content (AvgIpc) is 2.60. The number of hydrogen-bond acceptors (Lipinski definition) is 3. The van der Waals surface area contributed by atoms with Crippen molar-refractivity contribution in [2.45, 2.75) is 24.7 Å². The van der Waals surface area contributed by atoms with Gasteiger partial charge in [0.1, 0.15) is 0 Å². The van der Waals surface area contributed by atoms with Crippen molar-refractivity contribution in [3.8, 4) is 12.3 Å². The molecule has 1 aliphatic heterocycles. The molecule has 25 heavy (non-hydrogen) atoms. The van der Waals surface area contributed by atoms with Crippen molar-refractivity contribution in [2.75, 3.05) is 39.3 Å². The predicted octanol–water partition coefficient (Wildman–Crippen LogP) is -0.551. The Labute approximate surface area is 150 Å². The topological polar surface area (TPSA) is 70.9 Å². The Hall–Kier alpha value is -1.88. The Kier molecular flexibility index (Phi) is 6.59. The highest BCUT2D eigenvalue weighted by atomic mass is 32.2. The normalized spacial score (nSPS) is 16.6. The fraction of sp³-hybridized carbons (Fsp3) is 0.500. The molecule has 0 saturated carbocycles. The average molecular weight is 364 g/mol. The van der Waals surface area contributed by atoms with E-state index in [1.165, 1.54) is 4.31 Å². The van der Waals surface area contributed by atoms with E-state index < -0.39 is 10.0 Å². The number of quaternary nitrogens is 1. The lowest BCUT2D eigenvalue weighted by molar-refractivity contribution is -0.895. The van der Waals surface area contributed by atoms with Gasteiger partial charge in [0.15, 0.2) is 6.54 Å². The number of nitrogens with zero attached hydrogens (tertiary/aromatic N) is 1. The van der Waals surface area contributed by atoms with Crippen LogP contribution in [0.5, 0.6) is 0 Å². The third kappa shape index (κ3) is 5.05. The van der Waals surface area contributed by atoms with Crippen molar-refractivity contribution < 1.29 is 18.1 Å². The highest BCUT2D eigenvalue weighted by molar-refractivity contribution is 7.89. The number of hydrogen-bond donors (Lipinski definition) is 2. The van der Waals surface area contributed by atoms with Gasteiger partial charge in [-0.15, -0.1) is 6.42 Å². The van der Waals surface area contributed by atoms with Crippen LogP contribution >= 0.6 is 0 Å². The number of rotatable bonds is 6. The van der Waals surface area contributed by atoms with Crippen molar-refractivity contribution in [3.05, 3.63) is 29.8 Å². The van der Waals surface area contributed by atoms with Crippen LogP contribution in [0.3, 0.4) is 0 Å². The van der Waals surface area contributed by atoms with E-state index in [1.807, 2.05) is 12.1 Å². The summed E-state index contributed by atoms with van der Waals surface area (Å²) in [5, 5.41) is 2.63. The molecule has 2 N–H and O–H groups in total. The highest BCUT2D eigenvalue weighted by Crippen LogP contribution is 2.20. The Morgan fingerprint density at radius 1 is 1.28 bits per heavy atom. The molecule has 2 rings (SSSR count). The number of piperazine rings is 1. The fourth-order valence-electron chi connectivity index (χ4n) is 2.83. The largest absolute Gasteiger partial charge is 0.340 e. The van der Waals surface area contributed by atoms with Gasteiger partial charge >= 0.3 is 0 Å². The van der Waals surface area contributed by atoms with Crippen LogP contribution in [0.25, 0.3) is 0 Å². The summed E-state index contributed by atoms with van der Waals surface area (Å²) >= 11 is 0. The lowest BCUT2D eigenvalue weighted by Gasteiger charge is -2.31. The third-order valence-electron chi connectivity index (χ3n) is 4.41. The van der Waals surface area contributed by atoms with Crippen molar-refractivity contribution in [3.63, 3.8) is 0 Å². The van der Waals surface area contributed by atoms with Crippen LogP contribution in [-0.2, 0) is 14.8 Å². The Balaban J connectivity index is 1.95. The molecule has 1 aromatic carbocycles. The number of benzene rings is 1. The first-order valence-corrected chi connectivity index (χ1v) is 9.92. The Morgan fingerprint density at radius 3 is 2.40 bits per heavy atom. The number of terminal acetylenes is 1. The number of carbonyl (C=O) groups is 1. The highest BCUT2D eigenvalue weighted by Gasteiger charge is 2.31. The SMILES string of the molecule is C#CCNC(=O)C[NH+]1CCN(S(=O)(=O)c2ccc(C(C)C)cc2)CC1. The Morgan fingerprint density at radius 2 is 1.88 bits per heavy atom. The maximum absolute atomic E-state index is 12.8. The minimum atomic E-state index is -3.48. The number of amides is 1. The number of sulfonamides is 1. The quantitative estimate of drug-likeness (QED) is 0.666. The first-order valence-electron chi connectivity index (χ1n) is 8.48. The minimum Gasteiger partial charge on any atom is -0.340 e. The van der Waals surface area contributed by atoms with Crippen LogP contribution in [0.1, 0.15) is 25.3 Å². The maximum atomic E-state index is 12.8. The molecule has 0 aromatic heterocycles. The van der Waals surface area contributed by atoms with Crippen LogP contribution in [0.2, 0.25) is 0 Å². The van der Waals surface area contributed by atoms with Gasteiger partial charge in [-0.2, -0.15) is 4.31 Å². The Bertz CT molecular complexity index is 728. The van der Waals surface area contributed by atoms with Gasteiger partial charge in [0.2, 0.25) is 10.0 Å². The van der Waals surface area contributed by atoms with Crippen molar-refractivity contribution in [1.82, 2.24) is 9.62 Å².